The number of nitrogens with one attached hydrogen (secondary N) is 1. The number of piperidine rings is 1. The van der Waals surface area contributed by atoms with Crippen molar-refractivity contribution in [3.63, 3.8) is 0 Å². The second kappa shape index (κ2) is 8.05. The molecule has 27 heavy (non-hydrogen) atoms. The van der Waals surface area contributed by atoms with Crippen LogP contribution in [0.25, 0.3) is 11.1 Å². The van der Waals surface area contributed by atoms with E-state index in [4.69, 9.17) is 4.74 Å². The lowest BCUT2D eigenvalue weighted by atomic mass is 10.0. The molecule has 1 aliphatic heterocycles. The number of aromatic nitrogens is 2. The number of rotatable bonds is 6. The zero-order chi connectivity index (χ0) is 18.6. The first-order valence-electron chi connectivity index (χ1n) is 9.78. The summed E-state index contributed by atoms with van der Waals surface area (Å²) in [6.07, 6.45) is 7.49. The van der Waals surface area contributed by atoms with E-state index < -0.39 is 0 Å². The molecule has 2 heterocycles. The van der Waals surface area contributed by atoms with Crippen LogP contribution in [0.15, 0.2) is 24.5 Å². The number of anilines is 1. The van der Waals surface area contributed by atoms with Gasteiger partial charge in [-0.05, 0) is 62.2 Å². The molecule has 6 heteroatoms. The number of nitrogens with zero attached hydrogens (tertiary/aromatic N) is 3. The molecule has 2 aromatic rings. The Morgan fingerprint density at radius 1 is 1.22 bits per heavy atom. The van der Waals surface area contributed by atoms with Crippen molar-refractivity contribution in [3.05, 3.63) is 41.3 Å². The summed E-state index contributed by atoms with van der Waals surface area (Å²) in [6, 6.07) is 5.70. The van der Waals surface area contributed by atoms with E-state index in [0.717, 1.165) is 54.1 Å². The summed E-state index contributed by atoms with van der Waals surface area (Å²) in [5.74, 6) is 0.583. The van der Waals surface area contributed by atoms with Gasteiger partial charge >= 0.3 is 5.97 Å². The average molecular weight is 366 g/mol. The Labute approximate surface area is 160 Å². The molecule has 0 amide bonds. The molecule has 1 aromatic heterocycles. The molecule has 2 aliphatic rings. The lowest BCUT2D eigenvalue weighted by Gasteiger charge is -2.26. The van der Waals surface area contributed by atoms with E-state index in [0.29, 0.717) is 5.56 Å². The monoisotopic (exact) mass is 366 g/mol. The number of carbonyl (C=O) groups excluding carboxylic acids is 1. The average Bonchev–Trinajstić information content (AvgIpc) is 3.09. The van der Waals surface area contributed by atoms with E-state index in [9.17, 15) is 4.79 Å². The van der Waals surface area contributed by atoms with Crippen LogP contribution in [-0.4, -0.2) is 54.1 Å². The maximum absolute atomic E-state index is 11.8. The number of benzene rings is 1. The number of carbonyl (C=O) groups is 1. The third-order valence-corrected chi connectivity index (χ3v) is 5.47. The first-order valence-corrected chi connectivity index (χ1v) is 9.78. The first kappa shape index (κ1) is 17.9. The standard InChI is InChI=1S/C21H26N4O2/c1-27-21(26)15-6-7-17-16(12-15)13-18-19(17)20(24-14-23-18)22-8-5-11-25-9-3-2-4-10-25/h6-7,12,14H,2-5,8-11,13H2,1H3,(H,22,23,24). The molecule has 1 aromatic carbocycles. The largest absolute Gasteiger partial charge is 0.465 e. The van der Waals surface area contributed by atoms with Crippen molar-refractivity contribution in [2.24, 2.45) is 0 Å². The van der Waals surface area contributed by atoms with E-state index in [1.165, 1.54) is 39.5 Å². The zero-order valence-corrected chi connectivity index (χ0v) is 15.8. The quantitative estimate of drug-likeness (QED) is 0.534. The Morgan fingerprint density at radius 3 is 2.89 bits per heavy atom. The molecule has 0 saturated carbocycles. The highest BCUT2D eigenvalue weighted by atomic mass is 16.5. The molecular weight excluding hydrogens is 340 g/mol. The zero-order valence-electron chi connectivity index (χ0n) is 15.8. The maximum atomic E-state index is 11.8. The molecule has 0 unspecified atom stereocenters. The van der Waals surface area contributed by atoms with Crippen LogP contribution < -0.4 is 5.32 Å². The number of hydrogen-bond acceptors (Lipinski definition) is 6. The van der Waals surface area contributed by atoms with Crippen molar-refractivity contribution >= 4 is 11.8 Å². The SMILES string of the molecule is COC(=O)c1ccc2c(c1)Cc1ncnc(NCCCN3CCCCC3)c1-2. The van der Waals surface area contributed by atoms with E-state index in [2.05, 4.69) is 20.2 Å². The summed E-state index contributed by atoms with van der Waals surface area (Å²) in [5.41, 5.74) is 4.87. The van der Waals surface area contributed by atoms with Crippen molar-refractivity contribution in [1.82, 2.24) is 14.9 Å². The molecular formula is C21H26N4O2. The molecule has 4 rings (SSSR count). The van der Waals surface area contributed by atoms with Gasteiger partial charge in [-0.2, -0.15) is 0 Å². The highest BCUT2D eigenvalue weighted by Gasteiger charge is 2.24. The van der Waals surface area contributed by atoms with Gasteiger partial charge in [0.2, 0.25) is 0 Å². The third kappa shape index (κ3) is 3.81. The van der Waals surface area contributed by atoms with Crippen LogP contribution in [0.1, 0.15) is 47.3 Å². The van der Waals surface area contributed by atoms with Crippen LogP contribution in [0.5, 0.6) is 0 Å². The summed E-state index contributed by atoms with van der Waals surface area (Å²) in [6.45, 7) is 4.51. The molecule has 6 nitrogen and oxygen atoms in total. The van der Waals surface area contributed by atoms with Gasteiger partial charge in [0.1, 0.15) is 12.1 Å². The second-order valence-electron chi connectivity index (χ2n) is 7.27. The topological polar surface area (TPSA) is 67.3 Å². The van der Waals surface area contributed by atoms with Crippen molar-refractivity contribution < 1.29 is 9.53 Å². The third-order valence-electron chi connectivity index (χ3n) is 5.47. The van der Waals surface area contributed by atoms with E-state index in [-0.39, 0.29) is 5.97 Å². The number of ether oxygens (including phenoxy) is 1. The number of fused-ring (bicyclic) bond motifs is 3. The van der Waals surface area contributed by atoms with Crippen molar-refractivity contribution in [2.75, 3.05) is 38.6 Å². The van der Waals surface area contributed by atoms with Gasteiger partial charge < -0.3 is 15.0 Å². The number of likely N-dealkylation sites (tertiary alicyclic amines) is 1. The minimum absolute atomic E-state index is 0.309. The molecule has 0 radical (unpaired) electrons. The molecule has 142 valence electrons. The fourth-order valence-electron chi connectivity index (χ4n) is 4.07. The van der Waals surface area contributed by atoms with Crippen LogP contribution in [-0.2, 0) is 11.2 Å². The fourth-order valence-corrected chi connectivity index (χ4v) is 4.07. The van der Waals surface area contributed by atoms with Crippen molar-refractivity contribution in [2.45, 2.75) is 32.1 Å². The minimum atomic E-state index is -0.309. The lowest BCUT2D eigenvalue weighted by Crippen LogP contribution is -2.31. The van der Waals surface area contributed by atoms with Crippen molar-refractivity contribution in [1.29, 1.82) is 0 Å². The van der Waals surface area contributed by atoms with Crippen LogP contribution in [0.3, 0.4) is 0 Å². The molecule has 1 fully saturated rings. The highest BCUT2D eigenvalue weighted by molar-refractivity contribution is 5.92. The Balaban J connectivity index is 1.44. The van der Waals surface area contributed by atoms with Crippen LogP contribution in [0, 0.1) is 0 Å². The first-order chi connectivity index (χ1) is 13.3. The number of esters is 1. The Kier molecular flexibility index (Phi) is 5.34. The highest BCUT2D eigenvalue weighted by Crippen LogP contribution is 2.39. The van der Waals surface area contributed by atoms with Gasteiger partial charge in [0.15, 0.2) is 0 Å². The molecule has 1 N–H and O–H groups in total. The second-order valence-corrected chi connectivity index (χ2v) is 7.27. The summed E-state index contributed by atoms with van der Waals surface area (Å²) >= 11 is 0. The van der Waals surface area contributed by atoms with E-state index in [1.807, 2.05) is 18.2 Å². The van der Waals surface area contributed by atoms with Gasteiger partial charge in [0, 0.05) is 18.5 Å². The van der Waals surface area contributed by atoms with E-state index >= 15 is 0 Å². The predicted molar refractivity (Wildman–Crippen MR) is 105 cm³/mol. The van der Waals surface area contributed by atoms with Crippen LogP contribution in [0.4, 0.5) is 5.82 Å². The summed E-state index contributed by atoms with van der Waals surface area (Å²) in [4.78, 5) is 23.3. The van der Waals surface area contributed by atoms with Gasteiger partial charge in [-0.25, -0.2) is 14.8 Å². The Morgan fingerprint density at radius 2 is 2.07 bits per heavy atom. The van der Waals surface area contributed by atoms with Crippen LogP contribution in [0.2, 0.25) is 0 Å². The lowest BCUT2D eigenvalue weighted by molar-refractivity contribution is 0.0600. The number of hydrogen-bond donors (Lipinski definition) is 1. The Hall–Kier alpha value is -2.47. The minimum Gasteiger partial charge on any atom is -0.465 e. The number of methoxy groups -OCH3 is 1. The molecule has 0 bridgehead atoms. The van der Waals surface area contributed by atoms with Gasteiger partial charge in [-0.1, -0.05) is 12.5 Å². The Bertz CT molecular complexity index is 831. The van der Waals surface area contributed by atoms with Crippen LogP contribution >= 0.6 is 0 Å². The fraction of sp³-hybridized carbons (Fsp3) is 0.476. The summed E-state index contributed by atoms with van der Waals surface area (Å²) < 4.78 is 4.83. The summed E-state index contributed by atoms with van der Waals surface area (Å²) in [7, 11) is 1.40. The van der Waals surface area contributed by atoms with E-state index in [1.54, 1.807) is 6.33 Å². The normalized spacial score (nSPS) is 15.9. The van der Waals surface area contributed by atoms with Crippen molar-refractivity contribution in [3.8, 4) is 11.1 Å². The molecule has 1 aliphatic carbocycles. The van der Waals surface area contributed by atoms with Gasteiger partial charge in [0.05, 0.1) is 18.4 Å². The summed E-state index contributed by atoms with van der Waals surface area (Å²) in [5, 5.41) is 3.50. The molecule has 0 atom stereocenters. The van der Waals surface area contributed by atoms with Gasteiger partial charge in [0.25, 0.3) is 0 Å². The van der Waals surface area contributed by atoms with Gasteiger partial charge in [-0.15, -0.1) is 0 Å². The predicted octanol–water partition coefficient (Wildman–Crippen LogP) is 3.12. The van der Waals surface area contributed by atoms with Gasteiger partial charge in [-0.3, -0.25) is 0 Å². The molecule has 1 saturated heterocycles. The maximum Gasteiger partial charge on any atom is 0.337 e. The smallest absolute Gasteiger partial charge is 0.337 e. The molecule has 0 spiro atoms.